The molecule has 4 nitrogen and oxygen atoms in total. The van der Waals surface area contributed by atoms with E-state index in [1.54, 1.807) is 0 Å². The monoisotopic (exact) mass is 589 g/mol. The van der Waals surface area contributed by atoms with Crippen molar-refractivity contribution in [2.24, 2.45) is 0 Å². The Morgan fingerprint density at radius 3 is 2.09 bits per heavy atom. The minimum absolute atomic E-state index is 0.00807. The van der Waals surface area contributed by atoms with Gasteiger partial charge in [-0.3, -0.25) is 0 Å². The van der Waals surface area contributed by atoms with E-state index in [9.17, 15) is 0 Å². The molecule has 5 aromatic carbocycles. The fraction of sp³-hybridized carbons (Fsp3) is 0.0476. The van der Waals surface area contributed by atoms with E-state index in [0.29, 0.717) is 0 Å². The van der Waals surface area contributed by atoms with Crippen molar-refractivity contribution in [2.45, 2.75) is 12.5 Å². The van der Waals surface area contributed by atoms with Crippen LogP contribution in [0.2, 0.25) is 0 Å². The molecule has 1 atom stereocenters. The van der Waals surface area contributed by atoms with Gasteiger partial charge in [-0.2, -0.15) is 0 Å². The van der Waals surface area contributed by atoms with Gasteiger partial charge < -0.3 is 9.14 Å². The standard InChI is InChI=1S/C42H27N3O/c1-6-14-36-28(9-1)23-35-34-24-29(20-21-38(34)46-42(35)44-36)41-32-12-4-2-10-30(32)40(31-11-3-5-13-33(31)41)27-18-16-26(17-19-27)37-25-45-22-8-7-15-39(45)43-37/h1-20,22-25,38H,21H2. The number of ether oxygens (including phenoxy) is 1. The zero-order valence-electron chi connectivity index (χ0n) is 24.9. The Morgan fingerprint density at radius 2 is 1.33 bits per heavy atom. The maximum atomic E-state index is 6.38. The van der Waals surface area contributed by atoms with Crippen molar-refractivity contribution in [3.8, 4) is 28.3 Å². The van der Waals surface area contributed by atoms with E-state index in [2.05, 4.69) is 114 Å². The van der Waals surface area contributed by atoms with E-state index in [1.807, 2.05) is 36.5 Å². The Morgan fingerprint density at radius 1 is 0.652 bits per heavy atom. The molecule has 3 aromatic heterocycles. The van der Waals surface area contributed by atoms with Crippen LogP contribution < -0.4 is 4.74 Å². The minimum Gasteiger partial charge on any atom is -0.469 e. The SMILES string of the molecule is C1=C(c2c3ccccc3c(-c3ccc(-c4cn5ccccc5n4)cc3)c3ccccc23)C=C2c3cc4ccccc4nc3OC2C1. The van der Waals surface area contributed by atoms with Crippen LogP contribution in [0.4, 0.5) is 0 Å². The lowest BCUT2D eigenvalue weighted by Crippen LogP contribution is -2.14. The third kappa shape index (κ3) is 3.80. The number of aromatic nitrogens is 3. The number of rotatable bonds is 3. The summed E-state index contributed by atoms with van der Waals surface area (Å²) < 4.78 is 8.45. The molecule has 4 heteroatoms. The molecule has 0 saturated carbocycles. The summed E-state index contributed by atoms with van der Waals surface area (Å²) >= 11 is 0. The Kier molecular flexibility index (Phi) is 5.37. The number of fused-ring (bicyclic) bond motifs is 7. The number of para-hydroxylation sites is 1. The van der Waals surface area contributed by atoms with E-state index < -0.39 is 0 Å². The maximum Gasteiger partial charge on any atom is 0.222 e. The highest BCUT2D eigenvalue weighted by Gasteiger charge is 2.32. The van der Waals surface area contributed by atoms with E-state index in [0.717, 1.165) is 45.7 Å². The van der Waals surface area contributed by atoms with E-state index >= 15 is 0 Å². The van der Waals surface area contributed by atoms with Crippen LogP contribution in [0.5, 0.6) is 5.88 Å². The fourth-order valence-corrected chi connectivity index (χ4v) is 7.38. The van der Waals surface area contributed by atoms with Crippen molar-refractivity contribution < 1.29 is 4.74 Å². The maximum absolute atomic E-state index is 6.38. The van der Waals surface area contributed by atoms with Crippen molar-refractivity contribution in [2.75, 3.05) is 0 Å². The quantitative estimate of drug-likeness (QED) is 0.193. The number of nitrogens with zero attached hydrogens (tertiary/aromatic N) is 3. The van der Waals surface area contributed by atoms with Crippen LogP contribution in [0.1, 0.15) is 17.5 Å². The first-order chi connectivity index (χ1) is 22.8. The number of imidazole rings is 1. The molecule has 0 N–H and O–H groups in total. The number of pyridine rings is 2. The highest BCUT2D eigenvalue weighted by Crippen LogP contribution is 2.47. The van der Waals surface area contributed by atoms with Gasteiger partial charge in [0.1, 0.15) is 11.8 Å². The predicted molar refractivity (Wildman–Crippen MR) is 188 cm³/mol. The topological polar surface area (TPSA) is 39.4 Å². The summed E-state index contributed by atoms with van der Waals surface area (Å²) in [6.45, 7) is 0. The second-order valence-electron chi connectivity index (χ2n) is 12.1. The minimum atomic E-state index is -0.00807. The molecule has 216 valence electrons. The normalized spacial score (nSPS) is 15.5. The summed E-state index contributed by atoms with van der Waals surface area (Å²) in [5.41, 5.74) is 11.3. The largest absolute Gasteiger partial charge is 0.469 e. The van der Waals surface area contributed by atoms with Crippen molar-refractivity contribution in [1.29, 1.82) is 0 Å². The van der Waals surface area contributed by atoms with Gasteiger partial charge in [-0.15, -0.1) is 0 Å². The summed E-state index contributed by atoms with van der Waals surface area (Å²) in [6.07, 6.45) is 9.61. The lowest BCUT2D eigenvalue weighted by atomic mass is 9.83. The first kappa shape index (κ1) is 25.3. The van der Waals surface area contributed by atoms with Gasteiger partial charge in [0.05, 0.1) is 11.2 Å². The van der Waals surface area contributed by atoms with Crippen molar-refractivity contribution in [1.82, 2.24) is 14.4 Å². The Labute approximate surface area is 265 Å². The van der Waals surface area contributed by atoms with E-state index in [4.69, 9.17) is 14.7 Å². The molecule has 1 aliphatic heterocycles. The molecule has 8 aromatic rings. The molecule has 0 bridgehead atoms. The molecule has 4 heterocycles. The van der Waals surface area contributed by atoms with Crippen molar-refractivity contribution >= 4 is 49.2 Å². The average Bonchev–Trinajstić information content (AvgIpc) is 3.71. The molecule has 0 saturated heterocycles. The van der Waals surface area contributed by atoms with Crippen LogP contribution in [0.3, 0.4) is 0 Å². The molecule has 1 unspecified atom stereocenters. The first-order valence-corrected chi connectivity index (χ1v) is 15.8. The summed E-state index contributed by atoms with van der Waals surface area (Å²) in [4.78, 5) is 9.71. The highest BCUT2D eigenvalue weighted by molar-refractivity contribution is 6.20. The van der Waals surface area contributed by atoms with Gasteiger partial charge in [0.2, 0.25) is 5.88 Å². The van der Waals surface area contributed by atoms with Gasteiger partial charge in [-0.05, 0) is 74.1 Å². The smallest absolute Gasteiger partial charge is 0.222 e. The van der Waals surface area contributed by atoms with Gasteiger partial charge in [0.15, 0.2) is 0 Å². The molecular formula is C42H27N3O. The molecule has 0 spiro atoms. The zero-order valence-corrected chi connectivity index (χ0v) is 24.9. The lowest BCUT2D eigenvalue weighted by Gasteiger charge is -2.21. The van der Waals surface area contributed by atoms with Crippen LogP contribution in [0.25, 0.3) is 71.6 Å². The molecule has 0 amide bonds. The third-order valence-corrected chi connectivity index (χ3v) is 9.52. The Hall–Kier alpha value is -6.00. The van der Waals surface area contributed by atoms with Gasteiger partial charge in [-0.1, -0.05) is 103 Å². The van der Waals surface area contributed by atoms with E-state index in [-0.39, 0.29) is 6.10 Å². The first-order valence-electron chi connectivity index (χ1n) is 15.8. The van der Waals surface area contributed by atoms with Crippen LogP contribution in [-0.2, 0) is 0 Å². The second kappa shape index (κ2) is 9.75. The van der Waals surface area contributed by atoms with E-state index in [1.165, 1.54) is 49.4 Å². The summed E-state index contributed by atoms with van der Waals surface area (Å²) in [5.74, 6) is 0.738. The Balaban J connectivity index is 1.13. The van der Waals surface area contributed by atoms with Crippen LogP contribution in [0.15, 0.2) is 146 Å². The van der Waals surface area contributed by atoms with Gasteiger partial charge in [0.25, 0.3) is 0 Å². The van der Waals surface area contributed by atoms with Crippen molar-refractivity contribution in [3.05, 3.63) is 157 Å². The molecule has 0 fully saturated rings. The summed E-state index contributed by atoms with van der Waals surface area (Å²) in [6, 6.07) is 43.1. The van der Waals surface area contributed by atoms with Crippen LogP contribution in [0, 0.1) is 0 Å². The van der Waals surface area contributed by atoms with Gasteiger partial charge in [0, 0.05) is 40.9 Å². The second-order valence-corrected chi connectivity index (χ2v) is 12.1. The number of benzene rings is 5. The molecule has 46 heavy (non-hydrogen) atoms. The summed E-state index contributed by atoms with van der Waals surface area (Å²) in [7, 11) is 0. The fourth-order valence-electron chi connectivity index (χ4n) is 7.38. The number of hydrogen-bond acceptors (Lipinski definition) is 3. The van der Waals surface area contributed by atoms with Crippen LogP contribution >= 0.6 is 0 Å². The Bertz CT molecular complexity index is 2500. The molecular weight excluding hydrogens is 562 g/mol. The predicted octanol–water partition coefficient (Wildman–Crippen LogP) is 10.2. The molecule has 1 aliphatic carbocycles. The number of hydrogen-bond donors (Lipinski definition) is 0. The lowest BCUT2D eigenvalue weighted by molar-refractivity contribution is 0.270. The summed E-state index contributed by atoms with van der Waals surface area (Å²) in [5, 5.41) is 6.12. The number of allylic oxidation sites excluding steroid dienone is 2. The van der Waals surface area contributed by atoms with Gasteiger partial charge >= 0.3 is 0 Å². The zero-order chi connectivity index (χ0) is 30.2. The van der Waals surface area contributed by atoms with Crippen LogP contribution in [-0.4, -0.2) is 20.5 Å². The molecule has 2 aliphatic rings. The average molecular weight is 590 g/mol. The molecule has 10 rings (SSSR count). The molecule has 0 radical (unpaired) electrons. The van der Waals surface area contributed by atoms with Crippen molar-refractivity contribution in [3.63, 3.8) is 0 Å². The third-order valence-electron chi connectivity index (χ3n) is 9.52. The highest BCUT2D eigenvalue weighted by atomic mass is 16.5. The van der Waals surface area contributed by atoms with Gasteiger partial charge in [-0.25, -0.2) is 9.97 Å².